The number of rotatable bonds is 2. The van der Waals surface area contributed by atoms with E-state index in [4.69, 9.17) is 0 Å². The maximum absolute atomic E-state index is 13.4. The molecule has 78 valence electrons. The van der Waals surface area contributed by atoms with Crippen molar-refractivity contribution in [2.45, 2.75) is 6.92 Å². The van der Waals surface area contributed by atoms with Gasteiger partial charge in [0.1, 0.15) is 0 Å². The average molecular weight is 224 g/mol. The van der Waals surface area contributed by atoms with Gasteiger partial charge in [-0.25, -0.2) is 14.4 Å². The summed E-state index contributed by atoms with van der Waals surface area (Å²) in [5.41, 5.74) is 2.02. The molecular weight excluding hydrogens is 215 g/mol. The highest BCUT2D eigenvalue weighted by Crippen LogP contribution is 2.23. The molecule has 0 saturated carbocycles. The number of anilines is 1. The highest BCUT2D eigenvalue weighted by molar-refractivity contribution is 7.13. The monoisotopic (exact) mass is 224 g/mol. The molecule has 15 heavy (non-hydrogen) atoms. The van der Waals surface area contributed by atoms with Crippen molar-refractivity contribution in [3.05, 3.63) is 23.2 Å². The summed E-state index contributed by atoms with van der Waals surface area (Å²) in [4.78, 5) is 12.9. The van der Waals surface area contributed by atoms with Crippen LogP contribution in [0.4, 0.5) is 10.2 Å². The van der Waals surface area contributed by atoms with E-state index in [9.17, 15) is 4.39 Å². The predicted molar refractivity (Wildman–Crippen MR) is 57.4 cm³/mol. The van der Waals surface area contributed by atoms with Crippen LogP contribution in [0.5, 0.6) is 0 Å². The topological polar surface area (TPSA) is 50.7 Å². The summed E-state index contributed by atoms with van der Waals surface area (Å²) in [7, 11) is 1.63. The maximum atomic E-state index is 13.4. The van der Waals surface area contributed by atoms with Crippen LogP contribution in [0.2, 0.25) is 0 Å². The van der Waals surface area contributed by atoms with Crippen LogP contribution in [-0.2, 0) is 0 Å². The van der Waals surface area contributed by atoms with Crippen molar-refractivity contribution in [3.63, 3.8) is 0 Å². The molecule has 1 N–H and O–H groups in total. The van der Waals surface area contributed by atoms with Crippen LogP contribution in [0, 0.1) is 12.7 Å². The second kappa shape index (κ2) is 3.90. The number of nitrogens with one attached hydrogen (secondary N) is 1. The molecule has 4 nitrogen and oxygen atoms in total. The van der Waals surface area contributed by atoms with Crippen LogP contribution in [0.15, 0.2) is 11.7 Å². The first kappa shape index (κ1) is 9.97. The fraction of sp³-hybridized carbons (Fsp3) is 0.222. The van der Waals surface area contributed by atoms with Crippen molar-refractivity contribution in [2.24, 2.45) is 0 Å². The minimum Gasteiger partial charge on any atom is -0.371 e. The number of nitrogens with zero attached hydrogens (tertiary/aromatic N) is 3. The second-order valence-corrected chi connectivity index (χ2v) is 3.80. The third-order valence-corrected chi connectivity index (χ3v) is 2.68. The Kier molecular flexibility index (Phi) is 2.59. The van der Waals surface area contributed by atoms with Crippen molar-refractivity contribution in [1.82, 2.24) is 15.0 Å². The van der Waals surface area contributed by atoms with Crippen LogP contribution in [0.3, 0.4) is 0 Å². The summed E-state index contributed by atoms with van der Waals surface area (Å²) in [5.74, 6) is 0.303. The SMILES string of the molecule is CNc1nc(-c2cncs2)nc(C)c1F. The molecule has 0 amide bonds. The van der Waals surface area contributed by atoms with Gasteiger partial charge in [-0.3, -0.25) is 4.98 Å². The smallest absolute Gasteiger partial charge is 0.186 e. The molecule has 0 aliphatic carbocycles. The van der Waals surface area contributed by atoms with E-state index in [1.54, 1.807) is 25.7 Å². The number of hydrogen-bond donors (Lipinski definition) is 1. The minimum atomic E-state index is -0.411. The van der Waals surface area contributed by atoms with Gasteiger partial charge in [-0.2, -0.15) is 0 Å². The first-order valence-corrected chi connectivity index (χ1v) is 5.21. The second-order valence-electron chi connectivity index (χ2n) is 2.91. The van der Waals surface area contributed by atoms with Gasteiger partial charge in [0, 0.05) is 13.2 Å². The van der Waals surface area contributed by atoms with E-state index >= 15 is 0 Å². The predicted octanol–water partition coefficient (Wildman–Crippen LogP) is 2.09. The van der Waals surface area contributed by atoms with Crippen molar-refractivity contribution in [2.75, 3.05) is 12.4 Å². The van der Waals surface area contributed by atoms with Gasteiger partial charge in [0.25, 0.3) is 0 Å². The lowest BCUT2D eigenvalue weighted by Gasteiger charge is -2.05. The van der Waals surface area contributed by atoms with Gasteiger partial charge in [0.2, 0.25) is 0 Å². The molecule has 0 radical (unpaired) electrons. The summed E-state index contributed by atoms with van der Waals surface area (Å²) in [5, 5.41) is 2.70. The molecule has 2 aromatic rings. The molecule has 0 saturated heterocycles. The zero-order valence-corrected chi connectivity index (χ0v) is 9.10. The van der Waals surface area contributed by atoms with E-state index in [0.717, 1.165) is 4.88 Å². The molecular formula is C9H9FN4S. The lowest BCUT2D eigenvalue weighted by atomic mass is 10.3. The number of aromatic nitrogens is 3. The Morgan fingerprint density at radius 1 is 1.40 bits per heavy atom. The molecule has 0 bridgehead atoms. The van der Waals surface area contributed by atoms with Gasteiger partial charge in [-0.05, 0) is 6.92 Å². The van der Waals surface area contributed by atoms with Crippen molar-refractivity contribution >= 4 is 17.2 Å². The largest absolute Gasteiger partial charge is 0.371 e. The van der Waals surface area contributed by atoms with Gasteiger partial charge in [0.05, 0.1) is 16.1 Å². The van der Waals surface area contributed by atoms with Gasteiger partial charge < -0.3 is 5.32 Å². The van der Waals surface area contributed by atoms with E-state index in [2.05, 4.69) is 20.3 Å². The van der Waals surface area contributed by atoms with Gasteiger partial charge in [-0.15, -0.1) is 11.3 Å². The Bertz CT molecular complexity index is 469. The number of halogens is 1. The quantitative estimate of drug-likeness (QED) is 0.848. The average Bonchev–Trinajstić information content (AvgIpc) is 2.75. The highest BCUT2D eigenvalue weighted by atomic mass is 32.1. The Balaban J connectivity index is 2.55. The first-order valence-electron chi connectivity index (χ1n) is 4.33. The molecule has 0 unspecified atom stereocenters. The highest BCUT2D eigenvalue weighted by Gasteiger charge is 2.11. The van der Waals surface area contributed by atoms with E-state index < -0.39 is 5.82 Å². The van der Waals surface area contributed by atoms with Crippen LogP contribution < -0.4 is 5.32 Å². The van der Waals surface area contributed by atoms with Gasteiger partial charge in [-0.1, -0.05) is 0 Å². The number of thiazole rings is 1. The summed E-state index contributed by atoms with van der Waals surface area (Å²) in [6.45, 7) is 1.61. The summed E-state index contributed by atoms with van der Waals surface area (Å²) >= 11 is 1.42. The molecule has 0 aliphatic heterocycles. The summed E-state index contributed by atoms with van der Waals surface area (Å²) < 4.78 is 13.4. The third kappa shape index (κ3) is 1.80. The third-order valence-electron chi connectivity index (χ3n) is 1.91. The van der Waals surface area contributed by atoms with Gasteiger partial charge >= 0.3 is 0 Å². The van der Waals surface area contributed by atoms with Gasteiger partial charge in [0.15, 0.2) is 17.5 Å². The lowest BCUT2D eigenvalue weighted by Crippen LogP contribution is -2.02. The fourth-order valence-corrected chi connectivity index (χ4v) is 1.72. The zero-order chi connectivity index (χ0) is 10.8. The molecule has 0 aliphatic rings. The molecule has 0 spiro atoms. The first-order chi connectivity index (χ1) is 7.22. The van der Waals surface area contributed by atoms with Crippen LogP contribution in [0.25, 0.3) is 10.7 Å². The van der Waals surface area contributed by atoms with Crippen LogP contribution in [0.1, 0.15) is 5.69 Å². The molecule has 2 heterocycles. The summed E-state index contributed by atoms with van der Waals surface area (Å²) in [6, 6.07) is 0. The lowest BCUT2D eigenvalue weighted by molar-refractivity contribution is 0.607. The Labute approximate surface area is 90.2 Å². The van der Waals surface area contributed by atoms with Crippen molar-refractivity contribution < 1.29 is 4.39 Å². The van der Waals surface area contributed by atoms with Crippen molar-refractivity contribution in [3.8, 4) is 10.7 Å². The molecule has 2 rings (SSSR count). The summed E-state index contributed by atoms with van der Waals surface area (Å²) in [6.07, 6.45) is 1.66. The van der Waals surface area contributed by atoms with Crippen LogP contribution >= 0.6 is 11.3 Å². The molecule has 0 aromatic carbocycles. The Morgan fingerprint density at radius 3 is 2.80 bits per heavy atom. The molecule has 6 heteroatoms. The molecule has 0 atom stereocenters. The van der Waals surface area contributed by atoms with E-state index in [1.807, 2.05) is 0 Å². The number of hydrogen-bond acceptors (Lipinski definition) is 5. The molecule has 2 aromatic heterocycles. The standard InChI is InChI=1S/C9H9FN4S/c1-5-7(10)9(11-2)14-8(13-5)6-3-12-4-15-6/h3-4H,1-2H3,(H,11,13,14). The van der Waals surface area contributed by atoms with E-state index in [0.29, 0.717) is 11.5 Å². The zero-order valence-electron chi connectivity index (χ0n) is 8.28. The van der Waals surface area contributed by atoms with E-state index in [1.165, 1.54) is 11.3 Å². The number of aryl methyl sites for hydroxylation is 1. The normalized spacial score (nSPS) is 10.3. The Hall–Kier alpha value is -1.56. The van der Waals surface area contributed by atoms with E-state index in [-0.39, 0.29) is 5.82 Å². The minimum absolute atomic E-state index is 0.214. The molecule has 0 fully saturated rings. The maximum Gasteiger partial charge on any atom is 0.186 e. The van der Waals surface area contributed by atoms with Crippen LogP contribution in [-0.4, -0.2) is 22.0 Å². The fourth-order valence-electron chi connectivity index (χ4n) is 1.16. The van der Waals surface area contributed by atoms with Crippen molar-refractivity contribution in [1.29, 1.82) is 0 Å². The Morgan fingerprint density at radius 2 is 2.20 bits per heavy atom.